The smallest absolute Gasteiger partial charge is 0.368 e. The normalized spacial score (nSPS) is 25.7. The quantitative estimate of drug-likeness (QED) is 0.0868. The molecule has 3 unspecified atom stereocenters. The number of hydrogen-bond acceptors (Lipinski definition) is 8. The summed E-state index contributed by atoms with van der Waals surface area (Å²) < 4.78 is 80.1. The van der Waals surface area contributed by atoms with Crippen molar-refractivity contribution in [3.05, 3.63) is 29.8 Å². The molecule has 250 valence electrons. The van der Waals surface area contributed by atoms with Crippen LogP contribution in [0.2, 0.25) is 0 Å². The number of fused-ring (bicyclic) bond motifs is 2. The van der Waals surface area contributed by atoms with Gasteiger partial charge in [0.1, 0.15) is 23.9 Å². The SMILES string of the molecule is CC(C)(C)c1ccc(SCCCC[S+]2CCCC2)cc1.CC12CCC(C(=O)OCC(F)C(F)(F)S(=O)(=O)[O-])(OC1=O)C2(C)C. The molecule has 0 aromatic heterocycles. The highest BCUT2D eigenvalue weighted by Gasteiger charge is 2.76. The summed E-state index contributed by atoms with van der Waals surface area (Å²) >= 11 is 2.03. The van der Waals surface area contributed by atoms with Gasteiger partial charge in [0.15, 0.2) is 10.1 Å². The Morgan fingerprint density at radius 1 is 1.09 bits per heavy atom. The molecular weight excluding hydrogens is 638 g/mol. The summed E-state index contributed by atoms with van der Waals surface area (Å²) in [4.78, 5) is 25.7. The lowest BCUT2D eigenvalue weighted by atomic mass is 9.66. The molecule has 13 heteroatoms. The first kappa shape index (κ1) is 37.0. The molecule has 4 rings (SSSR count). The second kappa shape index (κ2) is 13.7. The maximum Gasteiger partial charge on any atom is 0.368 e. The van der Waals surface area contributed by atoms with Gasteiger partial charge in [0.2, 0.25) is 11.8 Å². The van der Waals surface area contributed by atoms with Crippen LogP contribution < -0.4 is 0 Å². The average molecular weight is 683 g/mol. The van der Waals surface area contributed by atoms with Crippen molar-refractivity contribution in [2.24, 2.45) is 10.8 Å². The largest absolute Gasteiger partial charge is 0.743 e. The zero-order chi connectivity index (χ0) is 33.2. The number of carbonyl (C=O) groups is 2. The van der Waals surface area contributed by atoms with Crippen LogP contribution in [0.15, 0.2) is 29.2 Å². The van der Waals surface area contributed by atoms with E-state index in [4.69, 9.17) is 4.74 Å². The van der Waals surface area contributed by atoms with Gasteiger partial charge in [0.05, 0.1) is 5.41 Å². The number of ether oxygens (including phenoxy) is 2. The number of halogens is 3. The number of benzene rings is 1. The number of rotatable bonds is 11. The van der Waals surface area contributed by atoms with E-state index >= 15 is 0 Å². The molecule has 7 nitrogen and oxygen atoms in total. The molecule has 0 amide bonds. The van der Waals surface area contributed by atoms with Gasteiger partial charge in [-0.25, -0.2) is 17.6 Å². The van der Waals surface area contributed by atoms with Crippen LogP contribution in [0.4, 0.5) is 13.2 Å². The Labute approximate surface area is 266 Å². The second-order valence-corrected chi connectivity index (χ2v) is 18.6. The molecule has 2 bridgehead atoms. The van der Waals surface area contributed by atoms with Crippen molar-refractivity contribution >= 4 is 44.7 Å². The molecule has 44 heavy (non-hydrogen) atoms. The number of esters is 2. The van der Waals surface area contributed by atoms with Gasteiger partial charge in [-0.1, -0.05) is 46.8 Å². The van der Waals surface area contributed by atoms with E-state index in [0.717, 1.165) is 10.9 Å². The molecule has 2 aliphatic heterocycles. The second-order valence-electron chi connectivity index (χ2n) is 13.5. The van der Waals surface area contributed by atoms with E-state index in [2.05, 4.69) is 49.8 Å². The van der Waals surface area contributed by atoms with Crippen LogP contribution in [0.25, 0.3) is 0 Å². The van der Waals surface area contributed by atoms with Crippen molar-refractivity contribution < 1.29 is 45.2 Å². The first-order valence-electron chi connectivity index (χ1n) is 14.9. The lowest BCUT2D eigenvalue weighted by molar-refractivity contribution is -0.186. The van der Waals surface area contributed by atoms with Gasteiger partial charge in [-0.15, -0.1) is 11.8 Å². The predicted octanol–water partition coefficient (Wildman–Crippen LogP) is 6.40. The topological polar surface area (TPSA) is 110 Å². The Balaban J connectivity index is 0.000000244. The van der Waals surface area contributed by atoms with E-state index in [1.165, 1.54) is 59.2 Å². The number of hydrogen-bond donors (Lipinski definition) is 0. The number of alkyl halides is 3. The van der Waals surface area contributed by atoms with Crippen LogP contribution in [0.3, 0.4) is 0 Å². The lowest BCUT2D eigenvalue weighted by Gasteiger charge is -2.34. The van der Waals surface area contributed by atoms with Gasteiger partial charge in [0, 0.05) is 10.3 Å². The molecule has 0 N–H and O–H groups in total. The Hall–Kier alpha value is -1.44. The third-order valence-corrected chi connectivity index (χ3v) is 14.0. The molecule has 1 aromatic carbocycles. The maximum absolute atomic E-state index is 13.4. The fourth-order valence-corrected chi connectivity index (χ4v) is 9.53. The minimum Gasteiger partial charge on any atom is -0.743 e. The molecule has 1 aromatic rings. The number of carbonyl (C=O) groups excluding carboxylic acids is 2. The molecule has 1 aliphatic carbocycles. The van der Waals surface area contributed by atoms with Gasteiger partial charge in [-0.2, -0.15) is 8.78 Å². The van der Waals surface area contributed by atoms with E-state index in [0.29, 0.717) is 0 Å². The predicted molar refractivity (Wildman–Crippen MR) is 167 cm³/mol. The third kappa shape index (κ3) is 7.57. The minimum atomic E-state index is -6.26. The van der Waals surface area contributed by atoms with Crippen LogP contribution in [0.1, 0.15) is 85.6 Å². The Morgan fingerprint density at radius 3 is 2.16 bits per heavy atom. The summed E-state index contributed by atoms with van der Waals surface area (Å²) in [6, 6.07) is 9.18. The fraction of sp³-hybridized carbons (Fsp3) is 0.742. The lowest BCUT2D eigenvalue weighted by Crippen LogP contribution is -2.50. The van der Waals surface area contributed by atoms with E-state index in [1.54, 1.807) is 20.8 Å². The summed E-state index contributed by atoms with van der Waals surface area (Å²) in [6.07, 6.45) is 2.64. The van der Waals surface area contributed by atoms with Crippen molar-refractivity contribution in [2.75, 3.05) is 29.6 Å². The van der Waals surface area contributed by atoms with E-state index in [9.17, 15) is 35.7 Å². The fourth-order valence-electron chi connectivity index (χ4n) is 5.79. The van der Waals surface area contributed by atoms with Gasteiger partial charge in [0.25, 0.3) is 0 Å². The zero-order valence-electron chi connectivity index (χ0n) is 26.4. The Kier molecular flexibility index (Phi) is 11.6. The molecule has 3 atom stereocenters. The van der Waals surface area contributed by atoms with Crippen molar-refractivity contribution in [2.45, 2.75) is 107 Å². The van der Waals surface area contributed by atoms with Gasteiger partial charge >= 0.3 is 17.2 Å². The van der Waals surface area contributed by atoms with Crippen LogP contribution >= 0.6 is 11.8 Å². The van der Waals surface area contributed by atoms with Crippen molar-refractivity contribution in [3.63, 3.8) is 0 Å². The van der Waals surface area contributed by atoms with Gasteiger partial charge < -0.3 is 14.0 Å². The highest BCUT2D eigenvalue weighted by molar-refractivity contribution is 7.99. The van der Waals surface area contributed by atoms with Gasteiger partial charge in [-0.05, 0) is 85.2 Å². The van der Waals surface area contributed by atoms with Crippen molar-refractivity contribution in [1.29, 1.82) is 0 Å². The summed E-state index contributed by atoms with van der Waals surface area (Å²) in [7, 11) is -5.46. The molecule has 2 saturated heterocycles. The molecular formula is C31H45F3O7S3. The Bertz CT molecular complexity index is 1280. The zero-order valence-corrected chi connectivity index (χ0v) is 28.8. The first-order chi connectivity index (χ1) is 20.2. The Morgan fingerprint density at radius 2 is 1.68 bits per heavy atom. The molecule has 3 aliphatic rings. The van der Waals surface area contributed by atoms with Crippen molar-refractivity contribution in [3.8, 4) is 0 Å². The van der Waals surface area contributed by atoms with Crippen LogP contribution in [-0.4, -0.2) is 71.6 Å². The molecule has 3 fully saturated rings. The summed E-state index contributed by atoms with van der Waals surface area (Å²) in [6.45, 7) is 9.90. The molecule has 1 saturated carbocycles. The summed E-state index contributed by atoms with van der Waals surface area (Å²) in [5.41, 5.74) is -2.07. The van der Waals surface area contributed by atoms with Crippen LogP contribution in [0, 0.1) is 10.8 Å². The van der Waals surface area contributed by atoms with Gasteiger partial charge in [-0.3, -0.25) is 4.79 Å². The number of unbranched alkanes of at least 4 members (excludes halogenated alkanes) is 1. The highest BCUT2D eigenvalue weighted by Crippen LogP contribution is 2.65. The molecule has 2 heterocycles. The standard InChI is InChI=1S/C18H29S2.C13H17F3O7S/c1-18(2,3)16-8-10-17(11-9-16)19-12-4-5-13-20-14-6-7-15-20;1-10(2)11(3)4-5-12(10,23-8(11)17)9(18)22-6-7(14)13(15,16)24(19,20)21/h8-11H,4-7,12-15H2,1-3H3;7H,4-6H2,1-3H3,(H,19,20,21)/q+1;/p-1. The maximum atomic E-state index is 13.4. The van der Waals surface area contributed by atoms with E-state index in [-0.39, 0.29) is 18.3 Å². The summed E-state index contributed by atoms with van der Waals surface area (Å²) in [5.74, 6) is 3.95. The van der Waals surface area contributed by atoms with Crippen molar-refractivity contribution in [1.82, 2.24) is 0 Å². The first-order valence-corrected chi connectivity index (χ1v) is 19.1. The molecule has 0 radical (unpaired) electrons. The van der Waals surface area contributed by atoms with E-state index < -0.39 is 56.5 Å². The average Bonchev–Trinajstić information content (AvgIpc) is 3.56. The molecule has 0 spiro atoms. The van der Waals surface area contributed by atoms with E-state index in [1.807, 2.05) is 11.8 Å². The summed E-state index contributed by atoms with van der Waals surface area (Å²) in [5, 5.41) is -5.24. The highest BCUT2D eigenvalue weighted by atomic mass is 32.2. The van der Waals surface area contributed by atoms with Crippen LogP contribution in [-0.2, 0) is 45.5 Å². The van der Waals surface area contributed by atoms with Crippen LogP contribution in [0.5, 0.6) is 0 Å². The number of thioether (sulfide) groups is 1. The third-order valence-electron chi connectivity index (χ3n) is 9.40. The minimum absolute atomic E-state index is 0.0638. The monoisotopic (exact) mass is 682 g/mol.